The number of ether oxygens (including phenoxy) is 1. The molecule has 3 atom stereocenters. The van der Waals surface area contributed by atoms with Crippen molar-refractivity contribution in [2.75, 3.05) is 0 Å². The van der Waals surface area contributed by atoms with Gasteiger partial charge in [0.05, 0.1) is 17.6 Å². The molecule has 3 nitrogen and oxygen atoms in total. The van der Waals surface area contributed by atoms with Gasteiger partial charge in [0.25, 0.3) is 0 Å². The van der Waals surface area contributed by atoms with Gasteiger partial charge in [-0.3, -0.25) is 4.98 Å². The van der Waals surface area contributed by atoms with Crippen molar-refractivity contribution in [3.8, 4) is 0 Å². The Labute approximate surface area is 245 Å². The molecule has 1 aromatic heterocycles. The fourth-order valence-electron chi connectivity index (χ4n) is 7.94. The molecule has 0 amide bonds. The number of pyridine rings is 1. The molecule has 0 radical (unpaired) electrons. The fraction of sp³-hybridized carbons (Fsp3) is 0.735. The number of hydrogen-bond acceptors (Lipinski definition) is 3. The summed E-state index contributed by atoms with van der Waals surface area (Å²) in [4.78, 5) is 5.48. The number of nitrogens with zero attached hydrogens (tertiary/aromatic N) is 1. The maximum atomic E-state index is 13.5. The second kappa shape index (κ2) is 9.78. The number of hydrogen-bond donors (Lipinski definition) is 0. The Morgan fingerprint density at radius 2 is 1.71 bits per heavy atom. The molecule has 7 heteroatoms. The van der Waals surface area contributed by atoms with Crippen LogP contribution < -0.4 is 0 Å². The minimum Gasteiger partial charge on any atom is -0.410 e. The lowest BCUT2D eigenvalue weighted by atomic mass is 9.59. The molecule has 2 spiro atoms. The summed E-state index contributed by atoms with van der Waals surface area (Å²) in [7, 11) is -2.10. The zero-order valence-electron chi connectivity index (χ0n) is 26.0. The highest BCUT2D eigenvalue weighted by atomic mass is 28.4. The summed E-state index contributed by atoms with van der Waals surface area (Å²) in [6, 6.07) is 0. The topological polar surface area (TPSA) is 31.4 Å². The first-order chi connectivity index (χ1) is 19.1. The first kappa shape index (κ1) is 29.6. The molecule has 2 heterocycles. The van der Waals surface area contributed by atoms with E-state index in [4.69, 9.17) is 14.1 Å². The minimum absolute atomic E-state index is 0.00674. The summed E-state index contributed by atoms with van der Waals surface area (Å²) in [5.74, 6) is -1.24. The second-order valence-electron chi connectivity index (χ2n) is 15.5. The lowest BCUT2D eigenvalue weighted by Gasteiger charge is -2.51. The van der Waals surface area contributed by atoms with E-state index in [-0.39, 0.29) is 35.0 Å². The summed E-state index contributed by atoms with van der Waals surface area (Å²) in [6.45, 7) is 16.0. The van der Waals surface area contributed by atoms with Crippen molar-refractivity contribution in [2.24, 2.45) is 11.3 Å². The van der Waals surface area contributed by atoms with E-state index in [1.165, 1.54) is 42.2 Å². The lowest BCUT2D eigenvalue weighted by molar-refractivity contribution is -0.160. The fourth-order valence-corrected chi connectivity index (χ4v) is 9.21. The molecule has 5 aliphatic rings. The molecule has 0 saturated heterocycles. The van der Waals surface area contributed by atoms with Gasteiger partial charge in [0.2, 0.25) is 0 Å². The first-order valence-corrected chi connectivity index (χ1v) is 18.8. The average Bonchev–Trinajstić information content (AvgIpc) is 3.46. The van der Waals surface area contributed by atoms with Gasteiger partial charge in [0.15, 0.2) is 8.32 Å². The van der Waals surface area contributed by atoms with E-state index >= 15 is 0 Å². The lowest BCUT2D eigenvalue weighted by Crippen LogP contribution is -2.46. The maximum Gasteiger partial charge on any atom is 0.395 e. The highest BCUT2D eigenvalue weighted by Gasteiger charge is 2.56. The standard InChI is InChI=1S/C34H48F3NO2Si/c1-21(2)29-27-28(33(17-8-9-18-33)39-30(27)22-11-13-23(14-12-22)34(35,36)37)26-24(38-29)19-32(15-10-16-32)20-25(26)40-41(6,7)31(3,4)5/h11-13,21,23,25,30H,8-10,14-20H2,1-7H3. The van der Waals surface area contributed by atoms with Gasteiger partial charge in [-0.1, -0.05) is 72.1 Å². The summed E-state index contributed by atoms with van der Waals surface area (Å²) < 4.78 is 55.0. The van der Waals surface area contributed by atoms with Crippen LogP contribution in [0.3, 0.4) is 0 Å². The third kappa shape index (κ3) is 4.90. The van der Waals surface area contributed by atoms with Crippen LogP contribution in [-0.2, 0) is 21.2 Å². The Hall–Kier alpha value is -1.44. The predicted octanol–water partition coefficient (Wildman–Crippen LogP) is 10.3. The van der Waals surface area contributed by atoms with Gasteiger partial charge in [-0.15, -0.1) is 0 Å². The molecule has 4 aliphatic carbocycles. The monoisotopic (exact) mass is 587 g/mol. The Morgan fingerprint density at radius 3 is 2.22 bits per heavy atom. The molecule has 1 aliphatic heterocycles. The van der Waals surface area contributed by atoms with Crippen LogP contribution in [-0.4, -0.2) is 19.5 Å². The predicted molar refractivity (Wildman–Crippen MR) is 159 cm³/mol. The number of alkyl halides is 3. The van der Waals surface area contributed by atoms with E-state index < -0.39 is 26.0 Å². The molecular formula is C34H48F3NO2Si. The van der Waals surface area contributed by atoms with E-state index in [0.717, 1.165) is 55.4 Å². The van der Waals surface area contributed by atoms with Crippen molar-refractivity contribution in [3.63, 3.8) is 0 Å². The quantitative estimate of drug-likeness (QED) is 0.328. The van der Waals surface area contributed by atoms with Gasteiger partial charge < -0.3 is 9.16 Å². The molecular weight excluding hydrogens is 539 g/mol. The van der Waals surface area contributed by atoms with Crippen LogP contribution in [0.4, 0.5) is 13.2 Å². The molecule has 6 rings (SSSR count). The Kier molecular flexibility index (Phi) is 7.07. The smallest absolute Gasteiger partial charge is 0.395 e. The van der Waals surface area contributed by atoms with Gasteiger partial charge in [0.1, 0.15) is 6.10 Å². The van der Waals surface area contributed by atoms with Gasteiger partial charge in [-0.25, -0.2) is 0 Å². The molecule has 226 valence electrons. The highest BCUT2D eigenvalue weighted by Crippen LogP contribution is 2.63. The molecule has 2 fully saturated rings. The molecule has 3 unspecified atom stereocenters. The molecule has 0 bridgehead atoms. The largest absolute Gasteiger partial charge is 0.410 e. The van der Waals surface area contributed by atoms with E-state index in [0.29, 0.717) is 0 Å². The zero-order chi connectivity index (χ0) is 29.6. The molecule has 2 saturated carbocycles. The van der Waals surface area contributed by atoms with Gasteiger partial charge in [-0.05, 0) is 85.5 Å². The Balaban J connectivity index is 1.53. The number of aromatic nitrogens is 1. The summed E-state index contributed by atoms with van der Waals surface area (Å²) in [5.41, 5.74) is 6.72. The summed E-state index contributed by atoms with van der Waals surface area (Å²) >= 11 is 0. The Morgan fingerprint density at radius 1 is 1.02 bits per heavy atom. The first-order valence-electron chi connectivity index (χ1n) is 15.9. The Bertz CT molecular complexity index is 1260. The normalized spacial score (nSPS) is 28.7. The van der Waals surface area contributed by atoms with Crippen molar-refractivity contribution in [2.45, 2.75) is 147 Å². The molecule has 1 aromatic rings. The van der Waals surface area contributed by atoms with Crippen LogP contribution in [0.25, 0.3) is 0 Å². The van der Waals surface area contributed by atoms with Crippen molar-refractivity contribution >= 4 is 8.32 Å². The van der Waals surface area contributed by atoms with E-state index in [1.54, 1.807) is 12.2 Å². The van der Waals surface area contributed by atoms with E-state index in [1.807, 2.05) is 0 Å². The van der Waals surface area contributed by atoms with Gasteiger partial charge >= 0.3 is 6.18 Å². The zero-order valence-corrected chi connectivity index (χ0v) is 27.0. The van der Waals surface area contributed by atoms with E-state index in [2.05, 4.69) is 47.7 Å². The van der Waals surface area contributed by atoms with E-state index in [9.17, 15) is 13.2 Å². The van der Waals surface area contributed by atoms with Crippen LogP contribution in [0.2, 0.25) is 18.1 Å². The van der Waals surface area contributed by atoms with Gasteiger partial charge in [-0.2, -0.15) is 13.2 Å². The van der Waals surface area contributed by atoms with Crippen molar-refractivity contribution < 1.29 is 22.3 Å². The van der Waals surface area contributed by atoms with Crippen LogP contribution >= 0.6 is 0 Å². The third-order valence-corrected chi connectivity index (χ3v) is 15.9. The SMILES string of the molecule is CC(C)c1nc2c(c3c1C(C1=CCC(C(F)(F)F)C=C1)OC31CCCC1)C(O[Si](C)(C)C(C)(C)C)CC1(CCC1)C2. The van der Waals surface area contributed by atoms with Crippen LogP contribution in [0.1, 0.15) is 139 Å². The number of halogens is 3. The van der Waals surface area contributed by atoms with Crippen molar-refractivity contribution in [1.29, 1.82) is 0 Å². The minimum atomic E-state index is -4.23. The third-order valence-electron chi connectivity index (χ3n) is 11.4. The van der Waals surface area contributed by atoms with Crippen molar-refractivity contribution in [3.05, 3.63) is 51.9 Å². The number of allylic oxidation sites excluding steroid dienone is 2. The maximum absolute atomic E-state index is 13.5. The molecule has 41 heavy (non-hydrogen) atoms. The summed E-state index contributed by atoms with van der Waals surface area (Å²) in [6.07, 6.45) is 10.0. The van der Waals surface area contributed by atoms with Crippen LogP contribution in [0.15, 0.2) is 23.8 Å². The second-order valence-corrected chi connectivity index (χ2v) is 20.3. The van der Waals surface area contributed by atoms with Crippen LogP contribution in [0.5, 0.6) is 0 Å². The van der Waals surface area contributed by atoms with Crippen LogP contribution in [0, 0.1) is 11.3 Å². The van der Waals surface area contributed by atoms with Crippen molar-refractivity contribution in [1.82, 2.24) is 4.98 Å². The average molecular weight is 588 g/mol. The number of rotatable bonds is 4. The molecule has 0 aromatic carbocycles. The molecule has 0 N–H and O–H groups in total. The number of fused-ring (bicyclic) bond motifs is 4. The highest BCUT2D eigenvalue weighted by molar-refractivity contribution is 6.74. The van der Waals surface area contributed by atoms with Gasteiger partial charge in [0, 0.05) is 22.5 Å². The summed E-state index contributed by atoms with van der Waals surface area (Å²) in [5, 5.41) is 0.0860.